The van der Waals surface area contributed by atoms with Crippen molar-refractivity contribution in [2.45, 2.75) is 11.6 Å². The molecule has 2 aromatic heterocycles. The number of aromatic nitrogens is 4. The Balaban J connectivity index is 1.42. The molecular weight excluding hydrogens is 405 g/mol. The number of benzene rings is 2. The van der Waals surface area contributed by atoms with E-state index in [4.69, 9.17) is 4.74 Å². The summed E-state index contributed by atoms with van der Waals surface area (Å²) in [6.45, 7) is 0.385. The van der Waals surface area contributed by atoms with E-state index in [-0.39, 0.29) is 17.5 Å². The summed E-state index contributed by atoms with van der Waals surface area (Å²) >= 11 is 1.31. The Morgan fingerprint density at radius 1 is 1.10 bits per heavy atom. The van der Waals surface area contributed by atoms with Crippen LogP contribution in [-0.4, -0.2) is 38.6 Å². The summed E-state index contributed by atoms with van der Waals surface area (Å²) in [5.41, 5.74) is 2.18. The summed E-state index contributed by atoms with van der Waals surface area (Å²) in [7, 11) is 1.60. The molecule has 0 atom stereocenters. The van der Waals surface area contributed by atoms with Gasteiger partial charge >= 0.3 is 0 Å². The van der Waals surface area contributed by atoms with Gasteiger partial charge in [0.2, 0.25) is 5.91 Å². The quantitative estimate of drug-likeness (QED) is 0.459. The highest BCUT2D eigenvalue weighted by Crippen LogP contribution is 2.21. The van der Waals surface area contributed by atoms with Crippen LogP contribution in [0, 0.1) is 5.82 Å². The molecule has 0 bridgehead atoms. The molecule has 1 N–H and O–H groups in total. The lowest BCUT2D eigenvalue weighted by molar-refractivity contribution is -0.118. The third-order valence-electron chi connectivity index (χ3n) is 4.36. The lowest BCUT2D eigenvalue weighted by Gasteiger charge is -2.09. The summed E-state index contributed by atoms with van der Waals surface area (Å²) in [6, 6.07) is 17.1. The second-order valence-corrected chi connectivity index (χ2v) is 7.34. The van der Waals surface area contributed by atoms with Crippen LogP contribution in [0.5, 0.6) is 5.75 Å². The highest BCUT2D eigenvalue weighted by atomic mass is 32.2. The topological polar surface area (TPSA) is 81.4 Å². The second kappa shape index (κ2) is 8.91. The molecule has 0 fully saturated rings. The number of thioether (sulfide) groups is 1. The third-order valence-corrected chi connectivity index (χ3v) is 5.28. The number of rotatable bonds is 7. The molecular formula is C21H18FN5O2S. The molecule has 1 amide bonds. The van der Waals surface area contributed by atoms with Gasteiger partial charge in [0.1, 0.15) is 16.6 Å². The highest BCUT2D eigenvalue weighted by Gasteiger charge is 2.12. The minimum absolute atomic E-state index is 0.115. The molecule has 0 saturated heterocycles. The molecule has 4 aromatic rings. The fraction of sp³-hybridized carbons (Fsp3) is 0.143. The second-order valence-electron chi connectivity index (χ2n) is 6.35. The average molecular weight is 423 g/mol. The Bertz CT molecular complexity index is 1180. The Hall–Kier alpha value is -3.46. The number of methoxy groups -OCH3 is 1. The molecule has 2 heterocycles. The number of nitrogens with zero attached hydrogens (tertiary/aromatic N) is 4. The first kappa shape index (κ1) is 19.8. The van der Waals surface area contributed by atoms with Crippen LogP contribution in [0.3, 0.4) is 0 Å². The van der Waals surface area contributed by atoms with E-state index in [1.807, 2.05) is 24.3 Å². The number of ether oxygens (including phenoxy) is 1. The first-order valence-corrected chi connectivity index (χ1v) is 10.1. The van der Waals surface area contributed by atoms with E-state index in [1.165, 1.54) is 23.9 Å². The van der Waals surface area contributed by atoms with Crippen LogP contribution in [0.15, 0.2) is 65.7 Å². The monoisotopic (exact) mass is 423 g/mol. The van der Waals surface area contributed by atoms with E-state index in [9.17, 15) is 9.18 Å². The van der Waals surface area contributed by atoms with Crippen LogP contribution in [0.25, 0.3) is 17.0 Å². The van der Waals surface area contributed by atoms with Crippen LogP contribution < -0.4 is 10.1 Å². The number of amides is 1. The molecule has 0 aliphatic heterocycles. The van der Waals surface area contributed by atoms with Crippen molar-refractivity contribution < 1.29 is 13.9 Å². The van der Waals surface area contributed by atoms with Crippen molar-refractivity contribution in [1.82, 2.24) is 25.1 Å². The number of hydrogen-bond donors (Lipinski definition) is 1. The molecule has 0 radical (unpaired) electrons. The van der Waals surface area contributed by atoms with Gasteiger partial charge in [-0.05, 0) is 42.5 Å². The van der Waals surface area contributed by atoms with Gasteiger partial charge in [0.05, 0.1) is 12.9 Å². The van der Waals surface area contributed by atoms with Gasteiger partial charge in [-0.15, -0.1) is 10.2 Å². The number of carbonyl (C=O) groups is 1. The summed E-state index contributed by atoms with van der Waals surface area (Å²) in [6.07, 6.45) is 0. The van der Waals surface area contributed by atoms with Crippen LogP contribution >= 0.6 is 11.8 Å². The normalized spacial score (nSPS) is 10.9. The summed E-state index contributed by atoms with van der Waals surface area (Å²) < 4.78 is 20.1. The van der Waals surface area contributed by atoms with Gasteiger partial charge in [-0.1, -0.05) is 30.0 Å². The largest absolute Gasteiger partial charge is 0.496 e. The van der Waals surface area contributed by atoms with Crippen LogP contribution in [0.1, 0.15) is 5.56 Å². The van der Waals surface area contributed by atoms with Gasteiger partial charge in [-0.2, -0.15) is 9.61 Å². The van der Waals surface area contributed by atoms with Crippen LogP contribution in [0.4, 0.5) is 4.39 Å². The van der Waals surface area contributed by atoms with E-state index in [2.05, 4.69) is 20.6 Å². The minimum Gasteiger partial charge on any atom is -0.496 e. The smallest absolute Gasteiger partial charge is 0.230 e. The lowest BCUT2D eigenvalue weighted by atomic mass is 10.2. The first-order valence-electron chi connectivity index (χ1n) is 9.14. The highest BCUT2D eigenvalue weighted by molar-refractivity contribution is 7.99. The number of fused-ring (bicyclic) bond motifs is 1. The summed E-state index contributed by atoms with van der Waals surface area (Å²) in [5, 5.41) is 16.3. The van der Waals surface area contributed by atoms with Gasteiger partial charge in [0, 0.05) is 17.7 Å². The van der Waals surface area contributed by atoms with Crippen molar-refractivity contribution in [3.63, 3.8) is 0 Å². The lowest BCUT2D eigenvalue weighted by Crippen LogP contribution is -2.24. The Morgan fingerprint density at radius 3 is 2.70 bits per heavy atom. The third kappa shape index (κ3) is 4.41. The number of hydrogen-bond acceptors (Lipinski definition) is 6. The Kier molecular flexibility index (Phi) is 5.89. The van der Waals surface area contributed by atoms with Gasteiger partial charge < -0.3 is 10.1 Å². The maximum absolute atomic E-state index is 13.2. The summed E-state index contributed by atoms with van der Waals surface area (Å²) in [4.78, 5) is 12.3. The molecule has 30 heavy (non-hydrogen) atoms. The van der Waals surface area contributed by atoms with E-state index in [0.717, 1.165) is 11.3 Å². The van der Waals surface area contributed by atoms with Gasteiger partial charge in [-0.3, -0.25) is 4.79 Å². The standard InChI is InChI=1S/C21H18FN5O2S/c1-29-17-5-3-2-4-15(17)12-23-19(28)13-30-20-11-10-18-24-25-21(27(18)26-20)14-6-8-16(22)9-7-14/h2-11H,12-13H2,1H3,(H,23,28). The SMILES string of the molecule is COc1ccccc1CNC(=O)CSc1ccc2nnc(-c3ccc(F)cc3)n2n1. The fourth-order valence-electron chi connectivity index (χ4n) is 2.86. The molecule has 0 aliphatic carbocycles. The maximum atomic E-state index is 13.2. The molecule has 0 spiro atoms. The van der Waals surface area contributed by atoms with Crippen LogP contribution in [0.2, 0.25) is 0 Å². The first-order chi connectivity index (χ1) is 14.6. The van der Waals surface area contributed by atoms with Crippen molar-refractivity contribution in [3.05, 3.63) is 72.0 Å². The number of para-hydroxylation sites is 1. The number of halogens is 1. The van der Waals surface area contributed by atoms with E-state index in [0.29, 0.717) is 28.6 Å². The zero-order valence-electron chi connectivity index (χ0n) is 16.1. The van der Waals surface area contributed by atoms with Gasteiger partial charge in [0.25, 0.3) is 0 Å². The van der Waals surface area contributed by atoms with E-state index in [1.54, 1.807) is 35.9 Å². The van der Waals surface area contributed by atoms with Gasteiger partial charge in [0.15, 0.2) is 11.5 Å². The molecule has 0 saturated carbocycles. The van der Waals surface area contributed by atoms with Crippen molar-refractivity contribution in [3.8, 4) is 17.1 Å². The zero-order valence-corrected chi connectivity index (χ0v) is 16.9. The molecule has 0 unspecified atom stereocenters. The zero-order chi connectivity index (χ0) is 20.9. The fourth-order valence-corrected chi connectivity index (χ4v) is 3.55. The Labute approximate surface area is 176 Å². The predicted octanol–water partition coefficient (Wildman–Crippen LogP) is 3.35. The molecule has 152 valence electrons. The van der Waals surface area contributed by atoms with Crippen molar-refractivity contribution in [2.75, 3.05) is 12.9 Å². The number of carbonyl (C=O) groups excluding carboxylic acids is 1. The minimum atomic E-state index is -0.323. The van der Waals surface area contributed by atoms with Crippen molar-refractivity contribution in [2.24, 2.45) is 0 Å². The maximum Gasteiger partial charge on any atom is 0.230 e. The van der Waals surface area contributed by atoms with Crippen molar-refractivity contribution >= 4 is 23.3 Å². The average Bonchev–Trinajstić information content (AvgIpc) is 3.20. The molecule has 0 aliphatic rings. The summed E-state index contributed by atoms with van der Waals surface area (Å²) in [5.74, 6) is 1.01. The Morgan fingerprint density at radius 2 is 1.90 bits per heavy atom. The number of nitrogens with one attached hydrogen (secondary N) is 1. The van der Waals surface area contributed by atoms with E-state index >= 15 is 0 Å². The van der Waals surface area contributed by atoms with Crippen molar-refractivity contribution in [1.29, 1.82) is 0 Å². The van der Waals surface area contributed by atoms with E-state index < -0.39 is 0 Å². The van der Waals surface area contributed by atoms with Crippen LogP contribution in [-0.2, 0) is 11.3 Å². The molecule has 7 nitrogen and oxygen atoms in total. The predicted molar refractivity (Wildman–Crippen MR) is 112 cm³/mol. The molecule has 9 heteroatoms. The molecule has 4 rings (SSSR count). The molecule has 2 aromatic carbocycles. The van der Waals surface area contributed by atoms with Gasteiger partial charge in [-0.25, -0.2) is 4.39 Å².